The van der Waals surface area contributed by atoms with E-state index in [9.17, 15) is 22.8 Å². The molecule has 2 N–H and O–H groups in total. The van der Waals surface area contributed by atoms with Crippen molar-refractivity contribution in [1.82, 2.24) is 5.32 Å². The van der Waals surface area contributed by atoms with E-state index >= 15 is 0 Å². The summed E-state index contributed by atoms with van der Waals surface area (Å²) in [6.45, 7) is -0.450. The van der Waals surface area contributed by atoms with Gasteiger partial charge in [0.15, 0.2) is 17.5 Å². The normalized spacial score (nSPS) is 10.6. The summed E-state index contributed by atoms with van der Waals surface area (Å²) < 4.78 is 39.7. The van der Waals surface area contributed by atoms with Crippen LogP contribution in [0.4, 0.5) is 24.5 Å². The third-order valence-corrected chi connectivity index (χ3v) is 4.31. The summed E-state index contributed by atoms with van der Waals surface area (Å²) in [5, 5.41) is 6.60. The molecule has 5 nitrogen and oxygen atoms in total. The van der Waals surface area contributed by atoms with Crippen LogP contribution in [0.5, 0.6) is 0 Å². The fourth-order valence-electron chi connectivity index (χ4n) is 2.77. The number of benzene rings is 3. The molecule has 3 rings (SSSR count). The van der Waals surface area contributed by atoms with Crippen molar-refractivity contribution in [2.24, 2.45) is 0 Å². The zero-order valence-corrected chi connectivity index (χ0v) is 15.5. The number of carbonyl (C=O) groups excluding carboxylic acids is 2. The standard InChI is InChI=1S/C21H18F3N3O2/c1-27(15-7-6-13-4-2-3-5-14(13)10-15)12-19(29)25-11-18(28)26-17-9-8-16(22)20(23)21(17)24/h2-10H,11-12H2,1H3,(H,25,29)(H,26,28). The third-order valence-electron chi connectivity index (χ3n) is 4.31. The van der Waals surface area contributed by atoms with Gasteiger partial charge in [-0.1, -0.05) is 30.3 Å². The summed E-state index contributed by atoms with van der Waals surface area (Å²) in [5.74, 6) is -5.73. The van der Waals surface area contributed by atoms with E-state index in [0.717, 1.165) is 22.5 Å². The number of nitrogens with zero attached hydrogens (tertiary/aromatic N) is 1. The topological polar surface area (TPSA) is 61.4 Å². The fraction of sp³-hybridized carbons (Fsp3) is 0.143. The molecule has 0 aliphatic heterocycles. The summed E-state index contributed by atoms with van der Waals surface area (Å²) in [4.78, 5) is 25.7. The lowest BCUT2D eigenvalue weighted by Crippen LogP contribution is -2.39. The van der Waals surface area contributed by atoms with Crippen LogP contribution in [0.25, 0.3) is 10.8 Å². The predicted molar refractivity (Wildman–Crippen MR) is 105 cm³/mol. The molecule has 0 atom stereocenters. The van der Waals surface area contributed by atoms with Crippen molar-refractivity contribution >= 4 is 34.0 Å². The van der Waals surface area contributed by atoms with Crippen LogP contribution in [0.3, 0.4) is 0 Å². The van der Waals surface area contributed by atoms with E-state index in [-0.39, 0.29) is 6.54 Å². The highest BCUT2D eigenvalue weighted by molar-refractivity contribution is 5.95. The summed E-state index contributed by atoms with van der Waals surface area (Å²) in [6, 6.07) is 15.2. The van der Waals surface area contributed by atoms with Gasteiger partial charge in [0.2, 0.25) is 11.8 Å². The van der Waals surface area contributed by atoms with Gasteiger partial charge < -0.3 is 15.5 Å². The average molecular weight is 401 g/mol. The van der Waals surface area contributed by atoms with Gasteiger partial charge in [0.25, 0.3) is 0 Å². The van der Waals surface area contributed by atoms with Crippen LogP contribution in [0, 0.1) is 17.5 Å². The molecule has 0 aliphatic rings. The Morgan fingerprint density at radius 1 is 0.897 bits per heavy atom. The lowest BCUT2D eigenvalue weighted by Gasteiger charge is -2.19. The quantitative estimate of drug-likeness (QED) is 0.622. The van der Waals surface area contributed by atoms with Crippen LogP contribution < -0.4 is 15.5 Å². The van der Waals surface area contributed by atoms with E-state index in [1.165, 1.54) is 0 Å². The largest absolute Gasteiger partial charge is 0.365 e. The second kappa shape index (κ2) is 8.64. The molecule has 3 aromatic rings. The maximum atomic E-state index is 13.6. The van der Waals surface area contributed by atoms with E-state index in [1.807, 2.05) is 42.5 Å². The van der Waals surface area contributed by atoms with Crippen LogP contribution in [-0.4, -0.2) is 32.0 Å². The first-order valence-corrected chi connectivity index (χ1v) is 8.75. The van der Waals surface area contributed by atoms with Gasteiger partial charge in [-0.05, 0) is 35.0 Å². The molecular formula is C21H18F3N3O2. The minimum absolute atomic E-state index is 0.00877. The van der Waals surface area contributed by atoms with Crippen molar-refractivity contribution in [3.05, 3.63) is 72.0 Å². The Hall–Kier alpha value is -3.55. The van der Waals surface area contributed by atoms with E-state index in [0.29, 0.717) is 6.07 Å². The van der Waals surface area contributed by atoms with Crippen LogP contribution in [0.1, 0.15) is 0 Å². The third kappa shape index (κ3) is 4.84. The molecule has 0 saturated carbocycles. The first-order chi connectivity index (χ1) is 13.8. The lowest BCUT2D eigenvalue weighted by atomic mass is 10.1. The first kappa shape index (κ1) is 20.2. The number of carbonyl (C=O) groups is 2. The highest BCUT2D eigenvalue weighted by Gasteiger charge is 2.16. The van der Waals surface area contributed by atoms with Gasteiger partial charge in [0.1, 0.15) is 0 Å². The lowest BCUT2D eigenvalue weighted by molar-refractivity contribution is -0.123. The van der Waals surface area contributed by atoms with Crippen molar-refractivity contribution in [1.29, 1.82) is 0 Å². The number of fused-ring (bicyclic) bond motifs is 1. The zero-order chi connectivity index (χ0) is 21.0. The van der Waals surface area contributed by atoms with Crippen molar-refractivity contribution < 1.29 is 22.8 Å². The van der Waals surface area contributed by atoms with E-state index in [2.05, 4.69) is 10.6 Å². The Morgan fingerprint density at radius 2 is 1.62 bits per heavy atom. The number of halogens is 3. The summed E-state index contributed by atoms with van der Waals surface area (Å²) in [5.41, 5.74) is 0.323. The zero-order valence-electron chi connectivity index (χ0n) is 15.5. The Kier molecular flexibility index (Phi) is 6.01. The maximum absolute atomic E-state index is 13.6. The van der Waals surface area contributed by atoms with Gasteiger partial charge in [-0.2, -0.15) is 0 Å². The van der Waals surface area contributed by atoms with Gasteiger partial charge in [0, 0.05) is 12.7 Å². The van der Waals surface area contributed by atoms with E-state index in [1.54, 1.807) is 11.9 Å². The monoisotopic (exact) mass is 401 g/mol. The summed E-state index contributed by atoms with van der Waals surface area (Å²) in [6.07, 6.45) is 0. The van der Waals surface area contributed by atoms with E-state index in [4.69, 9.17) is 0 Å². The Bertz CT molecular complexity index is 1070. The van der Waals surface area contributed by atoms with Crippen molar-refractivity contribution in [3.8, 4) is 0 Å². The average Bonchev–Trinajstić information content (AvgIpc) is 2.72. The second-order valence-corrected chi connectivity index (χ2v) is 6.44. The molecule has 0 unspecified atom stereocenters. The molecule has 0 bridgehead atoms. The minimum atomic E-state index is -1.68. The second-order valence-electron chi connectivity index (χ2n) is 6.44. The molecule has 0 aliphatic carbocycles. The molecule has 0 saturated heterocycles. The highest BCUT2D eigenvalue weighted by Crippen LogP contribution is 2.21. The number of amides is 2. The smallest absolute Gasteiger partial charge is 0.243 e. The SMILES string of the molecule is CN(CC(=O)NCC(=O)Nc1ccc(F)c(F)c1F)c1ccc2ccccc2c1. The number of likely N-dealkylation sites (N-methyl/N-ethyl adjacent to an activating group) is 1. The van der Waals surface area contributed by atoms with Gasteiger partial charge in [-0.15, -0.1) is 0 Å². The fourth-order valence-corrected chi connectivity index (χ4v) is 2.77. The molecule has 3 aromatic carbocycles. The van der Waals surface area contributed by atoms with Crippen LogP contribution >= 0.6 is 0 Å². The molecule has 8 heteroatoms. The van der Waals surface area contributed by atoms with Crippen LogP contribution in [0.15, 0.2) is 54.6 Å². The first-order valence-electron chi connectivity index (χ1n) is 8.75. The molecule has 0 aromatic heterocycles. The van der Waals surface area contributed by atoms with Gasteiger partial charge in [-0.25, -0.2) is 13.2 Å². The minimum Gasteiger partial charge on any atom is -0.365 e. The molecule has 29 heavy (non-hydrogen) atoms. The Morgan fingerprint density at radius 3 is 2.38 bits per heavy atom. The summed E-state index contributed by atoms with van der Waals surface area (Å²) in [7, 11) is 1.74. The number of rotatable bonds is 6. The van der Waals surface area contributed by atoms with Crippen molar-refractivity contribution in [3.63, 3.8) is 0 Å². The van der Waals surface area contributed by atoms with Gasteiger partial charge in [0.05, 0.1) is 18.8 Å². The number of hydrogen-bond acceptors (Lipinski definition) is 3. The highest BCUT2D eigenvalue weighted by atomic mass is 19.2. The Balaban J connectivity index is 1.53. The molecule has 0 heterocycles. The van der Waals surface area contributed by atoms with E-state index < -0.39 is 41.5 Å². The molecule has 0 fully saturated rings. The Labute approximate surface area is 165 Å². The number of hydrogen-bond donors (Lipinski definition) is 2. The molecule has 2 amide bonds. The predicted octanol–water partition coefficient (Wildman–Crippen LogP) is 3.45. The molecule has 0 spiro atoms. The van der Waals surface area contributed by atoms with Crippen molar-refractivity contribution in [2.75, 3.05) is 30.4 Å². The summed E-state index contributed by atoms with van der Waals surface area (Å²) >= 11 is 0. The maximum Gasteiger partial charge on any atom is 0.243 e. The van der Waals surface area contributed by atoms with Crippen LogP contribution in [-0.2, 0) is 9.59 Å². The number of nitrogens with one attached hydrogen (secondary N) is 2. The molecular weight excluding hydrogens is 383 g/mol. The van der Waals surface area contributed by atoms with Gasteiger partial charge in [-0.3, -0.25) is 9.59 Å². The molecule has 150 valence electrons. The van der Waals surface area contributed by atoms with Gasteiger partial charge >= 0.3 is 0 Å². The number of anilines is 2. The van der Waals surface area contributed by atoms with Crippen LogP contribution in [0.2, 0.25) is 0 Å². The molecule has 0 radical (unpaired) electrons. The van der Waals surface area contributed by atoms with Crippen molar-refractivity contribution in [2.45, 2.75) is 0 Å².